The summed E-state index contributed by atoms with van der Waals surface area (Å²) in [4.78, 5) is 11.9. The minimum absolute atomic E-state index is 0.149. The van der Waals surface area contributed by atoms with Crippen molar-refractivity contribution in [3.05, 3.63) is 29.5 Å². The first-order chi connectivity index (χ1) is 10.7. The summed E-state index contributed by atoms with van der Waals surface area (Å²) < 4.78 is 0. The van der Waals surface area contributed by atoms with Crippen LogP contribution in [0.15, 0.2) is 23.8 Å². The third-order valence-electron chi connectivity index (χ3n) is 4.02. The lowest BCUT2D eigenvalue weighted by Crippen LogP contribution is -2.32. The second-order valence-electron chi connectivity index (χ2n) is 5.87. The number of carbonyl (C=O) groups excluding carboxylic acids is 1. The van der Waals surface area contributed by atoms with Crippen molar-refractivity contribution >= 4 is 11.7 Å². The molecule has 0 saturated carbocycles. The zero-order valence-electron chi connectivity index (χ0n) is 13.6. The Labute approximate surface area is 132 Å². The maximum atomic E-state index is 11.9. The molecule has 0 radical (unpaired) electrons. The fraction of sp³-hybridized carbons (Fsp3) is 0.588. The molecule has 0 aliphatic heterocycles. The molecule has 5 nitrogen and oxygen atoms in total. The average molecular weight is 302 g/mol. The van der Waals surface area contributed by atoms with Crippen molar-refractivity contribution in [3.63, 3.8) is 0 Å². The summed E-state index contributed by atoms with van der Waals surface area (Å²) in [6.45, 7) is 4.87. The largest absolute Gasteiger partial charge is 0.368 e. The number of anilines is 1. The van der Waals surface area contributed by atoms with Gasteiger partial charge in [0.05, 0.1) is 0 Å². The van der Waals surface area contributed by atoms with Crippen LogP contribution in [0.5, 0.6) is 0 Å². The van der Waals surface area contributed by atoms with E-state index in [4.69, 9.17) is 0 Å². The van der Waals surface area contributed by atoms with Gasteiger partial charge in [0, 0.05) is 12.6 Å². The second-order valence-corrected chi connectivity index (χ2v) is 5.87. The van der Waals surface area contributed by atoms with Gasteiger partial charge in [0.25, 0.3) is 5.91 Å². The molecule has 0 saturated heterocycles. The molecule has 22 heavy (non-hydrogen) atoms. The van der Waals surface area contributed by atoms with Gasteiger partial charge in [-0.05, 0) is 57.6 Å². The summed E-state index contributed by atoms with van der Waals surface area (Å²) in [6.07, 6.45) is 9.39. The lowest BCUT2D eigenvalue weighted by atomic mass is 9.97. The fourth-order valence-corrected chi connectivity index (χ4v) is 2.43. The lowest BCUT2D eigenvalue weighted by molar-refractivity contribution is 0.0933. The molecule has 1 aromatic heterocycles. The normalized spacial score (nSPS) is 15.8. The van der Waals surface area contributed by atoms with E-state index in [1.165, 1.54) is 31.3 Å². The smallest absolute Gasteiger partial charge is 0.272 e. The van der Waals surface area contributed by atoms with Crippen LogP contribution >= 0.6 is 0 Å². The van der Waals surface area contributed by atoms with Gasteiger partial charge < -0.3 is 10.6 Å². The van der Waals surface area contributed by atoms with E-state index < -0.39 is 0 Å². The van der Waals surface area contributed by atoms with Gasteiger partial charge in [-0.3, -0.25) is 4.79 Å². The molecule has 0 aromatic carbocycles. The summed E-state index contributed by atoms with van der Waals surface area (Å²) in [7, 11) is 0. The van der Waals surface area contributed by atoms with Crippen molar-refractivity contribution in [1.29, 1.82) is 0 Å². The van der Waals surface area contributed by atoms with E-state index in [2.05, 4.69) is 26.9 Å². The van der Waals surface area contributed by atoms with Crippen molar-refractivity contribution in [2.24, 2.45) is 0 Å². The topological polar surface area (TPSA) is 66.9 Å². The Kier molecular flexibility index (Phi) is 6.37. The second kappa shape index (κ2) is 8.51. The SMILES string of the molecule is CCC(C)NC(=O)c1ccc(NCCC2=CCCCC2)nn1. The number of nitrogens with one attached hydrogen (secondary N) is 2. The van der Waals surface area contributed by atoms with Gasteiger partial charge in [-0.1, -0.05) is 18.6 Å². The standard InChI is InChI=1S/C17H26N4O/c1-3-13(2)19-17(22)15-9-10-16(21-20-15)18-12-11-14-7-5-4-6-8-14/h7,9-10,13H,3-6,8,11-12H2,1-2H3,(H,18,21)(H,19,22). The van der Waals surface area contributed by atoms with E-state index in [-0.39, 0.29) is 11.9 Å². The minimum atomic E-state index is -0.166. The van der Waals surface area contributed by atoms with E-state index >= 15 is 0 Å². The summed E-state index contributed by atoms with van der Waals surface area (Å²) in [5.74, 6) is 0.553. The van der Waals surface area contributed by atoms with E-state index in [0.29, 0.717) is 5.69 Å². The van der Waals surface area contributed by atoms with Gasteiger partial charge in [0.15, 0.2) is 5.69 Å². The van der Waals surface area contributed by atoms with Crippen LogP contribution in [0.1, 0.15) is 62.9 Å². The predicted octanol–water partition coefficient (Wildman–Crippen LogP) is 3.31. The first-order valence-corrected chi connectivity index (χ1v) is 8.25. The molecule has 2 rings (SSSR count). The number of amides is 1. The Morgan fingerprint density at radius 3 is 2.82 bits per heavy atom. The van der Waals surface area contributed by atoms with Crippen LogP contribution in [0.25, 0.3) is 0 Å². The zero-order valence-corrected chi connectivity index (χ0v) is 13.6. The Hall–Kier alpha value is -1.91. The minimum Gasteiger partial charge on any atom is -0.368 e. The third kappa shape index (κ3) is 5.13. The van der Waals surface area contributed by atoms with Gasteiger partial charge in [0.2, 0.25) is 0 Å². The monoisotopic (exact) mass is 302 g/mol. The summed E-state index contributed by atoms with van der Waals surface area (Å²) in [6, 6.07) is 3.68. The number of nitrogens with zero attached hydrogens (tertiary/aromatic N) is 2. The van der Waals surface area contributed by atoms with E-state index in [1.807, 2.05) is 19.9 Å². The number of rotatable bonds is 7. The molecule has 120 valence electrons. The molecule has 1 aliphatic carbocycles. The molecule has 1 atom stereocenters. The highest BCUT2D eigenvalue weighted by molar-refractivity contribution is 5.92. The van der Waals surface area contributed by atoms with Crippen LogP contribution < -0.4 is 10.6 Å². The van der Waals surface area contributed by atoms with Gasteiger partial charge >= 0.3 is 0 Å². The highest BCUT2D eigenvalue weighted by Crippen LogP contribution is 2.19. The Morgan fingerprint density at radius 1 is 1.32 bits per heavy atom. The number of allylic oxidation sites excluding steroid dienone is 1. The molecule has 0 spiro atoms. The number of carbonyl (C=O) groups is 1. The molecule has 2 N–H and O–H groups in total. The van der Waals surface area contributed by atoms with Crippen LogP contribution in [0.2, 0.25) is 0 Å². The zero-order chi connectivity index (χ0) is 15.8. The molecule has 5 heteroatoms. The average Bonchev–Trinajstić information content (AvgIpc) is 2.56. The van der Waals surface area contributed by atoms with Crippen LogP contribution in [0.3, 0.4) is 0 Å². The van der Waals surface area contributed by atoms with E-state index in [0.717, 1.165) is 25.2 Å². The van der Waals surface area contributed by atoms with Gasteiger partial charge in [-0.25, -0.2) is 0 Å². The maximum Gasteiger partial charge on any atom is 0.272 e. The van der Waals surface area contributed by atoms with Crippen molar-refractivity contribution < 1.29 is 4.79 Å². The van der Waals surface area contributed by atoms with Crippen LogP contribution in [0, 0.1) is 0 Å². The maximum absolute atomic E-state index is 11.9. The van der Waals surface area contributed by atoms with Crippen molar-refractivity contribution in [2.75, 3.05) is 11.9 Å². The van der Waals surface area contributed by atoms with Crippen LogP contribution in [-0.2, 0) is 0 Å². The quantitative estimate of drug-likeness (QED) is 0.758. The molecule has 0 bridgehead atoms. The summed E-state index contributed by atoms with van der Waals surface area (Å²) in [5.41, 5.74) is 1.90. The van der Waals surface area contributed by atoms with Gasteiger partial charge in [0.1, 0.15) is 5.82 Å². The van der Waals surface area contributed by atoms with Gasteiger partial charge in [-0.15, -0.1) is 10.2 Å². The Morgan fingerprint density at radius 2 is 2.18 bits per heavy atom. The fourth-order valence-electron chi connectivity index (χ4n) is 2.43. The summed E-state index contributed by atoms with van der Waals surface area (Å²) >= 11 is 0. The van der Waals surface area contributed by atoms with E-state index in [1.54, 1.807) is 6.07 Å². The van der Waals surface area contributed by atoms with E-state index in [9.17, 15) is 4.79 Å². The number of hydrogen-bond acceptors (Lipinski definition) is 4. The van der Waals surface area contributed by atoms with Crippen LogP contribution in [0.4, 0.5) is 5.82 Å². The molecule has 1 amide bonds. The number of aromatic nitrogens is 2. The first kappa shape index (κ1) is 16.5. The summed E-state index contributed by atoms with van der Waals surface area (Å²) in [5, 5.41) is 14.2. The molecular weight excluding hydrogens is 276 g/mol. The van der Waals surface area contributed by atoms with Crippen LogP contribution in [-0.4, -0.2) is 28.7 Å². The van der Waals surface area contributed by atoms with Crippen molar-refractivity contribution in [2.45, 2.75) is 58.4 Å². The Balaban J connectivity index is 1.78. The van der Waals surface area contributed by atoms with Crippen molar-refractivity contribution in [1.82, 2.24) is 15.5 Å². The first-order valence-electron chi connectivity index (χ1n) is 8.25. The number of hydrogen-bond donors (Lipinski definition) is 2. The molecular formula is C17H26N4O. The molecule has 1 aliphatic rings. The highest BCUT2D eigenvalue weighted by Gasteiger charge is 2.10. The predicted molar refractivity (Wildman–Crippen MR) is 88.9 cm³/mol. The third-order valence-corrected chi connectivity index (χ3v) is 4.02. The molecule has 0 fully saturated rings. The Bertz CT molecular complexity index is 510. The lowest BCUT2D eigenvalue weighted by Gasteiger charge is -2.13. The molecule has 1 heterocycles. The van der Waals surface area contributed by atoms with Gasteiger partial charge in [-0.2, -0.15) is 0 Å². The highest BCUT2D eigenvalue weighted by atomic mass is 16.2. The van der Waals surface area contributed by atoms with Crippen molar-refractivity contribution in [3.8, 4) is 0 Å². The molecule has 1 unspecified atom stereocenters. The molecule has 1 aromatic rings.